The number of rotatable bonds is 8. The largest absolute Gasteiger partial charge is 0.310 e. The van der Waals surface area contributed by atoms with Crippen molar-refractivity contribution < 1.29 is 0 Å². The molecule has 0 saturated carbocycles. The molecule has 5 heterocycles. The molecule has 5 aromatic heterocycles. The lowest BCUT2D eigenvalue weighted by Gasteiger charge is -2.26. The van der Waals surface area contributed by atoms with Gasteiger partial charge >= 0.3 is 0 Å². The summed E-state index contributed by atoms with van der Waals surface area (Å²) in [7, 11) is 0. The third kappa shape index (κ3) is 7.22. The van der Waals surface area contributed by atoms with Gasteiger partial charge in [0.2, 0.25) is 5.95 Å². The normalized spacial score (nSPS) is 11.9. The maximum absolute atomic E-state index is 5.50. The number of para-hydroxylation sites is 3. The molecular weight excluding hydrogens is 1020 g/mol. The van der Waals surface area contributed by atoms with Gasteiger partial charge in [0.15, 0.2) is 11.6 Å². The Balaban J connectivity index is 0.935. The highest BCUT2D eigenvalue weighted by Gasteiger charge is 2.25. The molecule has 0 amide bonds. The first-order valence-corrected chi connectivity index (χ1v) is 28.4. The first kappa shape index (κ1) is 46.1. The van der Waals surface area contributed by atoms with Crippen LogP contribution in [0, 0.1) is 0 Å². The van der Waals surface area contributed by atoms with Crippen LogP contribution in [0.15, 0.2) is 273 Å². The predicted molar refractivity (Wildman–Crippen MR) is 343 cm³/mol. The van der Waals surface area contributed by atoms with E-state index in [0.29, 0.717) is 17.6 Å². The Hall–Kier alpha value is -10.8. The van der Waals surface area contributed by atoms with Crippen molar-refractivity contribution in [2.45, 2.75) is 0 Å². The number of nitrogens with zero attached hydrogens (tertiary/aromatic N) is 7. The second-order valence-corrected chi connectivity index (χ2v) is 22.0. The van der Waals surface area contributed by atoms with E-state index in [2.05, 4.69) is 250 Å². The third-order valence-electron chi connectivity index (χ3n) is 16.4. The SMILES string of the molecule is c1ccc(-c2nc(-c3ccc(-c4ccccn4)cc3)nc(-n3c4ccc(N(c5ccccc5)c5ccc6c(c5)c5ccccc5n6-c5ccccc5)cc4c4ccc5c6cc7c8ccccc8c8ccccc8c7cc6sc5c43)n2)cc1. The Kier molecular flexibility index (Phi) is 10.3. The molecule has 0 bridgehead atoms. The fourth-order valence-corrected chi connectivity index (χ4v) is 13.9. The van der Waals surface area contributed by atoms with Crippen LogP contribution in [0.25, 0.3) is 142 Å². The maximum atomic E-state index is 5.50. The number of thiophene rings is 1. The summed E-state index contributed by atoms with van der Waals surface area (Å²) in [5.41, 5.74) is 12.3. The van der Waals surface area contributed by atoms with Crippen LogP contribution >= 0.6 is 11.3 Å². The Morgan fingerprint density at radius 3 is 1.51 bits per heavy atom. The van der Waals surface area contributed by atoms with Gasteiger partial charge in [-0.25, -0.2) is 4.98 Å². The summed E-state index contributed by atoms with van der Waals surface area (Å²) in [4.78, 5) is 23.2. The first-order valence-electron chi connectivity index (χ1n) is 27.6. The third-order valence-corrected chi connectivity index (χ3v) is 17.5. The standard InChI is InChI=1S/C74H45N7S/c1-4-18-47(19-5-1)72-76-73(48-33-31-46(32-34-48)65-29-16-17-41-75-65)78-74(77-72)81-68-40-36-52(79(49-20-6-2-7-21-49)51-35-39-67-62(42-51)57-28-14-15-30-66(57)80(67)50-22-8-3-9-23-50)43-63(68)58-37-38-59-64-44-60-55-26-12-10-24-53(55)54-25-11-13-27-56(54)61(60)45-69(64)82-71(59)70(58)81/h1-45H. The van der Waals surface area contributed by atoms with E-state index in [1.165, 1.54) is 64.1 Å². The fourth-order valence-electron chi connectivity index (χ4n) is 12.7. The maximum Gasteiger partial charge on any atom is 0.238 e. The summed E-state index contributed by atoms with van der Waals surface area (Å²) in [6, 6.07) is 95.7. The highest BCUT2D eigenvalue weighted by Crippen LogP contribution is 2.48. The number of fused-ring (bicyclic) bond motifs is 16. The molecule has 382 valence electrons. The molecule has 17 aromatic rings. The summed E-state index contributed by atoms with van der Waals surface area (Å²) < 4.78 is 7.06. The number of hydrogen-bond acceptors (Lipinski definition) is 6. The van der Waals surface area contributed by atoms with Gasteiger partial charge in [-0.1, -0.05) is 176 Å². The second kappa shape index (κ2) is 18.4. The molecule has 0 spiro atoms. The molecule has 7 nitrogen and oxygen atoms in total. The molecule has 8 heteroatoms. The highest BCUT2D eigenvalue weighted by molar-refractivity contribution is 7.26. The Labute approximate surface area is 474 Å². The van der Waals surface area contributed by atoms with Crippen LogP contribution in [-0.4, -0.2) is 29.1 Å². The van der Waals surface area contributed by atoms with Crippen LogP contribution in [-0.2, 0) is 0 Å². The van der Waals surface area contributed by atoms with Gasteiger partial charge in [-0.15, -0.1) is 11.3 Å². The van der Waals surface area contributed by atoms with Crippen LogP contribution in [0.5, 0.6) is 0 Å². The average molecular weight is 1060 g/mol. The minimum absolute atomic E-state index is 0.540. The van der Waals surface area contributed by atoms with E-state index < -0.39 is 0 Å². The van der Waals surface area contributed by atoms with Crippen molar-refractivity contribution in [1.82, 2.24) is 29.1 Å². The quantitative estimate of drug-likeness (QED) is 0.142. The van der Waals surface area contributed by atoms with E-state index >= 15 is 0 Å². The molecule has 0 unspecified atom stereocenters. The molecule has 0 atom stereocenters. The van der Waals surface area contributed by atoms with E-state index in [0.717, 1.165) is 77.2 Å². The predicted octanol–water partition coefficient (Wildman–Crippen LogP) is 19.8. The van der Waals surface area contributed by atoms with Crippen molar-refractivity contribution >= 4 is 125 Å². The summed E-state index contributed by atoms with van der Waals surface area (Å²) in [5, 5.41) is 14.5. The molecule has 0 N–H and O–H groups in total. The van der Waals surface area contributed by atoms with Crippen molar-refractivity contribution in [2.24, 2.45) is 0 Å². The minimum atomic E-state index is 0.540. The van der Waals surface area contributed by atoms with Gasteiger partial charge in [0, 0.05) is 82.7 Å². The Bertz CT molecular complexity index is 5380. The monoisotopic (exact) mass is 1060 g/mol. The zero-order valence-corrected chi connectivity index (χ0v) is 44.8. The van der Waals surface area contributed by atoms with Crippen LogP contribution in [0.2, 0.25) is 0 Å². The van der Waals surface area contributed by atoms with Crippen molar-refractivity contribution in [3.05, 3.63) is 273 Å². The molecule has 0 aliphatic heterocycles. The fraction of sp³-hybridized carbons (Fsp3) is 0. The number of aromatic nitrogens is 6. The number of hydrogen-bond donors (Lipinski definition) is 0. The van der Waals surface area contributed by atoms with Crippen LogP contribution in [0.4, 0.5) is 17.1 Å². The van der Waals surface area contributed by atoms with Crippen molar-refractivity contribution in [2.75, 3.05) is 4.90 Å². The van der Waals surface area contributed by atoms with Gasteiger partial charge in [0.1, 0.15) is 0 Å². The summed E-state index contributed by atoms with van der Waals surface area (Å²) in [5.74, 6) is 1.71. The zero-order valence-electron chi connectivity index (χ0n) is 44.0. The number of anilines is 3. The van der Waals surface area contributed by atoms with E-state index in [1.54, 1.807) is 0 Å². The van der Waals surface area contributed by atoms with E-state index in [-0.39, 0.29) is 0 Å². The molecule has 0 aliphatic carbocycles. The van der Waals surface area contributed by atoms with Gasteiger partial charge in [-0.2, -0.15) is 9.97 Å². The molecule has 0 saturated heterocycles. The van der Waals surface area contributed by atoms with E-state index in [1.807, 2.05) is 53.9 Å². The lowest BCUT2D eigenvalue weighted by molar-refractivity contribution is 0.955. The van der Waals surface area contributed by atoms with Crippen LogP contribution in [0.1, 0.15) is 0 Å². The van der Waals surface area contributed by atoms with Crippen molar-refractivity contribution in [1.29, 1.82) is 0 Å². The van der Waals surface area contributed by atoms with Gasteiger partial charge in [0.05, 0.1) is 32.5 Å². The van der Waals surface area contributed by atoms with Gasteiger partial charge < -0.3 is 9.47 Å². The Morgan fingerprint density at radius 2 is 0.841 bits per heavy atom. The summed E-state index contributed by atoms with van der Waals surface area (Å²) in [6.45, 7) is 0. The zero-order chi connectivity index (χ0) is 53.8. The lowest BCUT2D eigenvalue weighted by atomic mass is 9.93. The molecular formula is C74H45N7S. The molecule has 0 aliphatic rings. The number of pyridine rings is 1. The first-order chi connectivity index (χ1) is 40.7. The van der Waals surface area contributed by atoms with E-state index in [4.69, 9.17) is 15.0 Å². The topological polar surface area (TPSA) is 64.7 Å². The smallest absolute Gasteiger partial charge is 0.238 e. The summed E-state index contributed by atoms with van der Waals surface area (Å²) >= 11 is 1.84. The van der Waals surface area contributed by atoms with Crippen molar-refractivity contribution in [3.63, 3.8) is 0 Å². The minimum Gasteiger partial charge on any atom is -0.310 e. The van der Waals surface area contributed by atoms with Crippen molar-refractivity contribution in [3.8, 4) is 45.7 Å². The van der Waals surface area contributed by atoms with E-state index in [9.17, 15) is 0 Å². The molecule has 0 fully saturated rings. The second-order valence-electron chi connectivity index (χ2n) is 21.0. The highest BCUT2D eigenvalue weighted by atomic mass is 32.1. The molecule has 82 heavy (non-hydrogen) atoms. The van der Waals surface area contributed by atoms with Gasteiger partial charge in [-0.3, -0.25) is 9.55 Å². The average Bonchev–Trinajstić information content (AvgIpc) is 3.59. The summed E-state index contributed by atoms with van der Waals surface area (Å²) in [6.07, 6.45) is 1.83. The van der Waals surface area contributed by atoms with Crippen LogP contribution in [0.3, 0.4) is 0 Å². The Morgan fingerprint density at radius 1 is 0.317 bits per heavy atom. The molecule has 0 radical (unpaired) electrons. The molecule has 17 rings (SSSR count). The lowest BCUT2D eigenvalue weighted by Crippen LogP contribution is -2.10. The van der Waals surface area contributed by atoms with Gasteiger partial charge in [-0.05, 0) is 123 Å². The molecule has 12 aromatic carbocycles. The number of benzene rings is 12. The van der Waals surface area contributed by atoms with Crippen LogP contribution < -0.4 is 4.90 Å². The van der Waals surface area contributed by atoms with Gasteiger partial charge in [0.25, 0.3) is 0 Å².